The third-order valence-electron chi connectivity index (χ3n) is 6.55. The molecular formula is C25H32F3N5O2. The van der Waals surface area contributed by atoms with E-state index in [2.05, 4.69) is 32.7 Å². The number of nitrogens with zero attached hydrogens (tertiary/aromatic N) is 3. The number of halogens is 3. The first kappa shape index (κ1) is 25.4. The number of hydrogen-bond donors (Lipinski definition) is 3. The highest BCUT2D eigenvalue weighted by molar-refractivity contribution is 5.96. The van der Waals surface area contributed by atoms with Gasteiger partial charge in [0.25, 0.3) is 5.91 Å². The number of amides is 1. The first-order valence-corrected chi connectivity index (χ1v) is 11.9. The molecule has 2 aromatic rings. The van der Waals surface area contributed by atoms with Crippen molar-refractivity contribution in [2.24, 2.45) is 0 Å². The van der Waals surface area contributed by atoms with Gasteiger partial charge in [0.1, 0.15) is 5.82 Å². The second-order valence-electron chi connectivity index (χ2n) is 9.48. The third-order valence-corrected chi connectivity index (χ3v) is 6.55. The monoisotopic (exact) mass is 491 g/mol. The number of nitrogens with one attached hydrogen (secondary N) is 2. The number of carbonyl (C=O) groups excluding carboxylic acids is 1. The molecule has 1 aromatic heterocycles. The number of pyridine rings is 1. The Morgan fingerprint density at radius 1 is 1.23 bits per heavy atom. The number of hydrogen-bond acceptors (Lipinski definition) is 6. The van der Waals surface area contributed by atoms with Crippen LogP contribution < -0.4 is 10.6 Å². The number of aryl methyl sites for hydroxylation is 1. The van der Waals surface area contributed by atoms with Crippen molar-refractivity contribution in [2.45, 2.75) is 44.6 Å². The zero-order valence-electron chi connectivity index (χ0n) is 19.8. The van der Waals surface area contributed by atoms with Crippen molar-refractivity contribution >= 4 is 11.7 Å². The molecule has 10 heteroatoms. The summed E-state index contributed by atoms with van der Waals surface area (Å²) in [5.74, 6) is 0.133. The maximum Gasteiger partial charge on any atom is 0.401 e. The summed E-state index contributed by atoms with van der Waals surface area (Å²) in [5, 5.41) is 16.4. The highest BCUT2D eigenvalue weighted by Gasteiger charge is 2.34. The van der Waals surface area contributed by atoms with Gasteiger partial charge in [-0.3, -0.25) is 14.6 Å². The average Bonchev–Trinajstić information content (AvgIpc) is 3.23. The summed E-state index contributed by atoms with van der Waals surface area (Å²) < 4.78 is 37.9. The Balaban J connectivity index is 1.26. The van der Waals surface area contributed by atoms with E-state index in [1.165, 1.54) is 16.0 Å². The van der Waals surface area contributed by atoms with Crippen LogP contribution in [0.1, 0.15) is 33.5 Å². The van der Waals surface area contributed by atoms with Gasteiger partial charge in [0, 0.05) is 57.1 Å². The number of fused-ring (bicyclic) bond motifs is 1. The standard InChI is InChI=1S/C25H32F3N5O2/c1-17-11-29-23(31-20-7-9-33(14-20)16-25(26,27)28)10-22(17)24(35)30-12-21(34)15-32-8-6-18-4-2-3-5-19(18)13-32/h2-5,10-11,20-21,34H,6-9,12-16H2,1H3,(H,29,31)(H,30,35). The van der Waals surface area contributed by atoms with Gasteiger partial charge < -0.3 is 15.7 Å². The number of anilines is 1. The minimum absolute atomic E-state index is 0.122. The molecule has 0 saturated carbocycles. The van der Waals surface area contributed by atoms with Crippen molar-refractivity contribution in [3.63, 3.8) is 0 Å². The zero-order chi connectivity index (χ0) is 25.0. The lowest BCUT2D eigenvalue weighted by Gasteiger charge is -2.30. The topological polar surface area (TPSA) is 80.7 Å². The van der Waals surface area contributed by atoms with Crippen LogP contribution in [0.3, 0.4) is 0 Å². The first-order valence-electron chi connectivity index (χ1n) is 11.9. The lowest BCUT2D eigenvalue weighted by atomic mass is 10.00. The second-order valence-corrected chi connectivity index (χ2v) is 9.48. The van der Waals surface area contributed by atoms with Crippen LogP contribution in [-0.2, 0) is 13.0 Å². The minimum Gasteiger partial charge on any atom is -0.390 e. The molecular weight excluding hydrogens is 459 g/mol. The molecule has 1 amide bonds. The number of β-amino-alcohol motifs (C(OH)–C–C–N with tert-alkyl or cyclic N) is 1. The summed E-state index contributed by atoms with van der Waals surface area (Å²) in [7, 11) is 0. The van der Waals surface area contributed by atoms with Gasteiger partial charge in [-0.2, -0.15) is 13.2 Å². The van der Waals surface area contributed by atoms with Gasteiger partial charge in [0.05, 0.1) is 12.6 Å². The van der Waals surface area contributed by atoms with Crippen LogP contribution in [0.2, 0.25) is 0 Å². The van der Waals surface area contributed by atoms with Crippen molar-refractivity contribution in [2.75, 3.05) is 44.6 Å². The van der Waals surface area contributed by atoms with Crippen molar-refractivity contribution < 1.29 is 23.1 Å². The van der Waals surface area contributed by atoms with Crippen LogP contribution in [0.15, 0.2) is 36.5 Å². The molecule has 4 rings (SSSR count). The maximum atomic E-state index is 12.8. The number of aliphatic hydroxyl groups is 1. The lowest BCUT2D eigenvalue weighted by Crippen LogP contribution is -2.42. The number of benzene rings is 1. The summed E-state index contributed by atoms with van der Waals surface area (Å²) >= 11 is 0. The summed E-state index contributed by atoms with van der Waals surface area (Å²) in [6.45, 7) is 3.70. The molecule has 0 aliphatic carbocycles. The summed E-state index contributed by atoms with van der Waals surface area (Å²) in [6.07, 6.45) is -1.84. The number of alkyl halides is 3. The van der Waals surface area contributed by atoms with E-state index >= 15 is 0 Å². The van der Waals surface area contributed by atoms with Gasteiger partial charge in [0.2, 0.25) is 0 Å². The Kier molecular flexibility index (Phi) is 7.93. The van der Waals surface area contributed by atoms with Crippen molar-refractivity contribution in [3.05, 3.63) is 58.8 Å². The van der Waals surface area contributed by atoms with E-state index in [9.17, 15) is 23.1 Å². The molecule has 2 aliphatic rings. The molecule has 0 radical (unpaired) electrons. The highest BCUT2D eigenvalue weighted by atomic mass is 19.4. The van der Waals surface area contributed by atoms with Gasteiger partial charge in [-0.1, -0.05) is 24.3 Å². The van der Waals surface area contributed by atoms with Crippen LogP contribution >= 0.6 is 0 Å². The molecule has 3 N–H and O–H groups in total. The van der Waals surface area contributed by atoms with E-state index in [-0.39, 0.29) is 25.0 Å². The Morgan fingerprint density at radius 2 is 2.00 bits per heavy atom. The van der Waals surface area contributed by atoms with E-state index in [0.29, 0.717) is 36.5 Å². The molecule has 2 unspecified atom stereocenters. The number of rotatable bonds is 8. The first-order chi connectivity index (χ1) is 16.7. The molecule has 2 aliphatic heterocycles. The fourth-order valence-electron chi connectivity index (χ4n) is 4.78. The molecule has 1 aromatic carbocycles. The molecule has 190 valence electrons. The second kappa shape index (κ2) is 10.9. The molecule has 2 atom stereocenters. The van der Waals surface area contributed by atoms with Crippen LogP contribution in [0.25, 0.3) is 0 Å². The van der Waals surface area contributed by atoms with Crippen molar-refractivity contribution in [1.29, 1.82) is 0 Å². The van der Waals surface area contributed by atoms with Gasteiger partial charge in [-0.15, -0.1) is 0 Å². The van der Waals surface area contributed by atoms with E-state index < -0.39 is 18.8 Å². The van der Waals surface area contributed by atoms with Crippen LogP contribution in [0, 0.1) is 6.92 Å². The van der Waals surface area contributed by atoms with Gasteiger partial charge in [-0.05, 0) is 42.5 Å². The number of aromatic nitrogens is 1. The number of carbonyl (C=O) groups is 1. The predicted octanol–water partition coefficient (Wildman–Crippen LogP) is 2.59. The summed E-state index contributed by atoms with van der Waals surface area (Å²) in [6, 6.07) is 9.74. The molecule has 1 saturated heterocycles. The Bertz CT molecular complexity index is 1030. The molecule has 35 heavy (non-hydrogen) atoms. The van der Waals surface area contributed by atoms with Crippen molar-refractivity contribution in [3.8, 4) is 0 Å². The minimum atomic E-state index is -4.22. The SMILES string of the molecule is Cc1cnc(NC2CCN(CC(F)(F)F)C2)cc1C(=O)NCC(O)CN1CCc2ccccc2C1. The van der Waals surface area contributed by atoms with Crippen LogP contribution in [0.4, 0.5) is 19.0 Å². The number of aliphatic hydroxyl groups excluding tert-OH is 1. The Morgan fingerprint density at radius 3 is 2.77 bits per heavy atom. The Labute approximate surface area is 203 Å². The molecule has 7 nitrogen and oxygen atoms in total. The quantitative estimate of drug-likeness (QED) is 0.527. The van der Waals surface area contributed by atoms with E-state index in [4.69, 9.17) is 0 Å². The summed E-state index contributed by atoms with van der Waals surface area (Å²) in [5.41, 5.74) is 3.72. The number of likely N-dealkylation sites (tertiary alicyclic amines) is 1. The fraction of sp³-hybridized carbons (Fsp3) is 0.520. The van der Waals surface area contributed by atoms with E-state index in [1.54, 1.807) is 19.2 Å². The average molecular weight is 492 g/mol. The van der Waals surface area contributed by atoms with Crippen molar-refractivity contribution in [1.82, 2.24) is 20.1 Å². The molecule has 0 bridgehead atoms. The normalized spacial score (nSPS) is 19.9. The highest BCUT2D eigenvalue weighted by Crippen LogP contribution is 2.22. The third kappa shape index (κ3) is 7.16. The smallest absolute Gasteiger partial charge is 0.390 e. The van der Waals surface area contributed by atoms with Gasteiger partial charge >= 0.3 is 6.18 Å². The van der Waals surface area contributed by atoms with Crippen LogP contribution in [0.5, 0.6) is 0 Å². The molecule has 1 fully saturated rings. The summed E-state index contributed by atoms with van der Waals surface area (Å²) in [4.78, 5) is 20.6. The molecule has 0 spiro atoms. The van der Waals surface area contributed by atoms with E-state index in [0.717, 1.165) is 19.5 Å². The maximum absolute atomic E-state index is 12.8. The van der Waals surface area contributed by atoms with Gasteiger partial charge in [0.15, 0.2) is 0 Å². The van der Waals surface area contributed by atoms with Crippen LogP contribution in [-0.4, -0.2) is 83.4 Å². The van der Waals surface area contributed by atoms with Gasteiger partial charge in [-0.25, -0.2) is 4.98 Å². The Hall–Kier alpha value is -2.69. The largest absolute Gasteiger partial charge is 0.401 e. The van der Waals surface area contributed by atoms with E-state index in [1.807, 2.05) is 12.1 Å². The fourth-order valence-corrected chi connectivity index (χ4v) is 4.78. The lowest BCUT2D eigenvalue weighted by molar-refractivity contribution is -0.143. The molecule has 3 heterocycles. The predicted molar refractivity (Wildman–Crippen MR) is 127 cm³/mol. The zero-order valence-corrected chi connectivity index (χ0v) is 19.8.